The molecule has 8 nitrogen and oxygen atoms in total. The number of methoxy groups -OCH3 is 3. The van der Waals surface area contributed by atoms with Crippen LogP contribution in [-0.4, -0.2) is 49.7 Å². The molecule has 0 unspecified atom stereocenters. The maximum atomic E-state index is 10.6. The zero-order valence-corrected chi connectivity index (χ0v) is 21.8. The fourth-order valence-electron chi connectivity index (χ4n) is 5.44. The van der Waals surface area contributed by atoms with Gasteiger partial charge in [-0.3, -0.25) is 4.99 Å². The number of aromatic hydroxyl groups is 2. The summed E-state index contributed by atoms with van der Waals surface area (Å²) in [4.78, 5) is 10.0. The van der Waals surface area contributed by atoms with E-state index in [9.17, 15) is 10.2 Å². The Bertz CT molecular complexity index is 1370. The minimum atomic E-state index is -0.909. The van der Waals surface area contributed by atoms with Crippen molar-refractivity contribution >= 4 is 12.4 Å². The van der Waals surface area contributed by atoms with E-state index in [4.69, 9.17) is 28.9 Å². The predicted octanol–water partition coefficient (Wildman–Crippen LogP) is 5.68. The van der Waals surface area contributed by atoms with E-state index >= 15 is 0 Å². The molecule has 2 N–H and O–H groups in total. The van der Waals surface area contributed by atoms with Crippen LogP contribution >= 0.6 is 0 Å². The molecule has 1 aliphatic carbocycles. The van der Waals surface area contributed by atoms with Gasteiger partial charge in [0.2, 0.25) is 5.72 Å². The van der Waals surface area contributed by atoms with Gasteiger partial charge in [0.05, 0.1) is 27.4 Å². The van der Waals surface area contributed by atoms with Crippen molar-refractivity contribution in [1.82, 2.24) is 0 Å². The van der Waals surface area contributed by atoms with Gasteiger partial charge in [0.15, 0.2) is 34.5 Å². The Balaban J connectivity index is 1.61. The second-order valence-electron chi connectivity index (χ2n) is 9.46. The van der Waals surface area contributed by atoms with Crippen molar-refractivity contribution in [3.63, 3.8) is 0 Å². The van der Waals surface area contributed by atoms with Crippen LogP contribution < -0.4 is 18.9 Å². The van der Waals surface area contributed by atoms with E-state index in [-0.39, 0.29) is 23.5 Å². The summed E-state index contributed by atoms with van der Waals surface area (Å²) in [5.41, 5.74) is 1.10. The molecule has 0 spiro atoms. The van der Waals surface area contributed by atoms with Crippen molar-refractivity contribution in [1.29, 1.82) is 0 Å². The first kappa shape index (κ1) is 25.4. The SMILES string of the molecule is COc1cccc(C=N[C@@H]2c3cccc(OC)c3O[C@]3(N=Cc4cccc(OC)c4O)CCCC[C@@H]23)c1O. The van der Waals surface area contributed by atoms with Crippen molar-refractivity contribution in [2.24, 2.45) is 15.9 Å². The summed E-state index contributed by atoms with van der Waals surface area (Å²) in [5.74, 6) is 1.97. The van der Waals surface area contributed by atoms with Crippen LogP contribution in [-0.2, 0) is 0 Å². The largest absolute Gasteiger partial charge is 0.504 e. The van der Waals surface area contributed by atoms with Crippen LogP contribution in [0.4, 0.5) is 0 Å². The summed E-state index contributed by atoms with van der Waals surface area (Å²) < 4.78 is 22.9. The van der Waals surface area contributed by atoms with E-state index in [1.807, 2.05) is 30.3 Å². The average molecular weight is 517 g/mol. The molecule has 1 heterocycles. The molecule has 0 saturated heterocycles. The van der Waals surface area contributed by atoms with Gasteiger partial charge in [-0.2, -0.15) is 0 Å². The minimum Gasteiger partial charge on any atom is -0.504 e. The van der Waals surface area contributed by atoms with Crippen LogP contribution in [0, 0.1) is 5.92 Å². The third-order valence-electron chi connectivity index (χ3n) is 7.38. The Labute approximate surface area is 222 Å². The van der Waals surface area contributed by atoms with Gasteiger partial charge in [-0.15, -0.1) is 0 Å². The number of hydrogen-bond donors (Lipinski definition) is 2. The van der Waals surface area contributed by atoms with Crippen molar-refractivity contribution in [2.45, 2.75) is 37.5 Å². The van der Waals surface area contributed by atoms with Crippen molar-refractivity contribution < 1.29 is 29.2 Å². The highest BCUT2D eigenvalue weighted by molar-refractivity contribution is 5.86. The number of benzene rings is 3. The molecule has 0 radical (unpaired) electrons. The fraction of sp³-hybridized carbons (Fsp3) is 0.333. The van der Waals surface area contributed by atoms with Crippen LogP contribution in [0.25, 0.3) is 0 Å². The Morgan fingerprint density at radius 2 is 1.42 bits per heavy atom. The van der Waals surface area contributed by atoms with E-state index in [0.29, 0.717) is 40.5 Å². The molecule has 0 bridgehead atoms. The summed E-state index contributed by atoms with van der Waals surface area (Å²) in [6.45, 7) is 0. The van der Waals surface area contributed by atoms with Crippen LogP contribution in [0.2, 0.25) is 0 Å². The van der Waals surface area contributed by atoms with Crippen molar-refractivity contribution in [2.75, 3.05) is 21.3 Å². The van der Waals surface area contributed by atoms with Crippen molar-refractivity contribution in [3.05, 3.63) is 71.3 Å². The number of rotatable bonds is 7. The number of phenols is 2. The number of phenolic OH excluding ortho intramolecular Hbond substituents is 2. The highest BCUT2D eigenvalue weighted by Gasteiger charge is 2.51. The lowest BCUT2D eigenvalue weighted by Gasteiger charge is -2.47. The second-order valence-corrected chi connectivity index (χ2v) is 9.46. The van der Waals surface area contributed by atoms with Gasteiger partial charge in [0.1, 0.15) is 0 Å². The highest BCUT2D eigenvalue weighted by atomic mass is 16.5. The van der Waals surface area contributed by atoms with Gasteiger partial charge in [0.25, 0.3) is 0 Å². The van der Waals surface area contributed by atoms with E-state index in [0.717, 1.165) is 24.8 Å². The van der Waals surface area contributed by atoms with Crippen LogP contribution in [0.5, 0.6) is 34.5 Å². The zero-order chi connectivity index (χ0) is 26.7. The topological polar surface area (TPSA) is 102 Å². The molecular formula is C30H32N2O6. The number of hydrogen-bond acceptors (Lipinski definition) is 8. The molecule has 1 fully saturated rings. The Morgan fingerprint density at radius 3 is 2.08 bits per heavy atom. The molecule has 3 atom stereocenters. The summed E-state index contributed by atoms with van der Waals surface area (Å²) in [7, 11) is 4.65. The summed E-state index contributed by atoms with van der Waals surface area (Å²) in [6.07, 6.45) is 6.84. The van der Waals surface area contributed by atoms with Crippen LogP contribution in [0.3, 0.4) is 0 Å². The van der Waals surface area contributed by atoms with Gasteiger partial charge >= 0.3 is 0 Å². The van der Waals surface area contributed by atoms with Gasteiger partial charge < -0.3 is 29.2 Å². The lowest BCUT2D eigenvalue weighted by atomic mass is 9.73. The van der Waals surface area contributed by atoms with Crippen LogP contribution in [0.1, 0.15) is 48.4 Å². The first-order chi connectivity index (χ1) is 18.5. The number of ether oxygens (including phenoxy) is 4. The number of nitrogens with zero attached hydrogens (tertiary/aromatic N) is 2. The lowest BCUT2D eigenvalue weighted by Crippen LogP contribution is -2.49. The quantitative estimate of drug-likeness (QED) is 0.392. The van der Waals surface area contributed by atoms with Gasteiger partial charge in [-0.05, 0) is 43.2 Å². The summed E-state index contributed by atoms with van der Waals surface area (Å²) in [6, 6.07) is 16.1. The van der Waals surface area contributed by atoms with E-state index < -0.39 is 5.72 Å². The standard InChI is InChI=1S/C30H32N2O6/c1-35-23-13-6-9-19(27(23)33)17-31-26-21-11-8-15-25(37-3)29(21)38-30(16-5-4-12-22(26)30)32-18-20-10-7-14-24(36-2)28(20)34/h6-11,13-15,17-18,22,26,33-34H,4-5,12,16H2,1-3H3/t22-,26+,30+/m0/s1. The second kappa shape index (κ2) is 10.7. The Morgan fingerprint density at radius 1 is 0.816 bits per heavy atom. The average Bonchev–Trinajstić information content (AvgIpc) is 2.95. The monoisotopic (exact) mass is 516 g/mol. The zero-order valence-electron chi connectivity index (χ0n) is 21.8. The first-order valence-corrected chi connectivity index (χ1v) is 12.7. The molecule has 0 amide bonds. The number of aliphatic imine (C=N–C) groups is 2. The normalized spacial score (nSPS) is 22.5. The molecule has 8 heteroatoms. The van der Waals surface area contributed by atoms with Gasteiger partial charge in [-0.25, -0.2) is 4.99 Å². The van der Waals surface area contributed by atoms with Crippen LogP contribution in [0.15, 0.2) is 64.6 Å². The third kappa shape index (κ3) is 4.51. The number of fused-ring (bicyclic) bond motifs is 2. The molecule has 5 rings (SSSR count). The summed E-state index contributed by atoms with van der Waals surface area (Å²) in [5, 5.41) is 21.3. The molecule has 0 aromatic heterocycles. The first-order valence-electron chi connectivity index (χ1n) is 12.7. The maximum Gasteiger partial charge on any atom is 0.205 e. The molecule has 2 aliphatic rings. The molecule has 3 aromatic carbocycles. The van der Waals surface area contributed by atoms with Crippen molar-refractivity contribution in [3.8, 4) is 34.5 Å². The third-order valence-corrected chi connectivity index (χ3v) is 7.38. The maximum absolute atomic E-state index is 10.6. The Hall–Kier alpha value is -4.20. The predicted molar refractivity (Wildman–Crippen MR) is 146 cm³/mol. The van der Waals surface area contributed by atoms with Gasteiger partial charge in [0, 0.05) is 41.5 Å². The smallest absolute Gasteiger partial charge is 0.205 e. The Kier molecular flexibility index (Phi) is 7.13. The van der Waals surface area contributed by atoms with E-state index in [1.54, 1.807) is 43.8 Å². The van der Waals surface area contributed by atoms with E-state index in [1.165, 1.54) is 14.2 Å². The highest BCUT2D eigenvalue weighted by Crippen LogP contribution is 2.55. The molecule has 198 valence electrons. The van der Waals surface area contributed by atoms with Gasteiger partial charge in [-0.1, -0.05) is 30.7 Å². The number of para-hydroxylation sites is 3. The lowest BCUT2D eigenvalue weighted by molar-refractivity contribution is -0.0443. The summed E-state index contributed by atoms with van der Waals surface area (Å²) >= 11 is 0. The molecule has 1 aliphatic heterocycles. The van der Waals surface area contributed by atoms with E-state index in [2.05, 4.69) is 0 Å². The fourth-order valence-corrected chi connectivity index (χ4v) is 5.44. The molecular weight excluding hydrogens is 484 g/mol. The molecule has 1 saturated carbocycles. The molecule has 38 heavy (non-hydrogen) atoms. The molecule has 3 aromatic rings. The minimum absolute atomic E-state index is 0.0272.